The Balaban J connectivity index is 2.65. The maximum absolute atomic E-state index is 12.3. The molecule has 1 heterocycles. The summed E-state index contributed by atoms with van der Waals surface area (Å²) in [5.41, 5.74) is 1.41. The quantitative estimate of drug-likeness (QED) is 0.270. The number of aromatic nitrogens is 2. The van der Waals surface area contributed by atoms with Crippen LogP contribution in [0.4, 0.5) is 4.79 Å². The van der Waals surface area contributed by atoms with Gasteiger partial charge in [-0.25, -0.2) is 4.79 Å². The van der Waals surface area contributed by atoms with Gasteiger partial charge in [-0.15, -0.1) is 0 Å². The molecule has 1 aromatic rings. The number of aromatic amines is 1. The highest BCUT2D eigenvalue weighted by molar-refractivity contribution is 5.79. The zero-order valence-electron chi connectivity index (χ0n) is 19.2. The molecule has 0 aliphatic rings. The van der Waals surface area contributed by atoms with Gasteiger partial charge >= 0.3 is 6.09 Å². The molecule has 0 aliphatic carbocycles. The van der Waals surface area contributed by atoms with Crippen molar-refractivity contribution in [3.05, 3.63) is 17.5 Å². The molecule has 4 N–H and O–H groups in total. The van der Waals surface area contributed by atoms with Crippen molar-refractivity contribution in [3.8, 4) is 0 Å². The maximum atomic E-state index is 12.3. The number of ether oxygens (including phenoxy) is 1. The zero-order valence-corrected chi connectivity index (χ0v) is 19.2. The fraction of sp³-hybridized carbons (Fsp3) is 0.762. The van der Waals surface area contributed by atoms with Crippen molar-refractivity contribution < 1.29 is 9.53 Å². The minimum absolute atomic E-state index is 0.398. The van der Waals surface area contributed by atoms with Crippen molar-refractivity contribution in [2.24, 2.45) is 4.99 Å². The van der Waals surface area contributed by atoms with Gasteiger partial charge in [0.05, 0.1) is 18.3 Å². The number of alkyl carbamates (subject to hydrolysis) is 1. The van der Waals surface area contributed by atoms with E-state index in [0.29, 0.717) is 6.54 Å². The number of nitrogens with one attached hydrogen (secondary N) is 4. The van der Waals surface area contributed by atoms with Crippen LogP contribution in [0.1, 0.15) is 72.1 Å². The lowest BCUT2D eigenvalue weighted by Gasteiger charge is -2.32. The molecule has 0 spiro atoms. The third kappa shape index (κ3) is 9.19. The zero-order chi connectivity index (χ0) is 21.9. The van der Waals surface area contributed by atoms with E-state index in [0.717, 1.165) is 50.4 Å². The smallest absolute Gasteiger partial charge is 0.408 e. The molecule has 0 aliphatic heterocycles. The maximum Gasteiger partial charge on any atom is 0.408 e. The summed E-state index contributed by atoms with van der Waals surface area (Å²) in [6, 6.07) is 0. The monoisotopic (exact) mass is 408 g/mol. The van der Waals surface area contributed by atoms with Crippen LogP contribution in [0.2, 0.25) is 0 Å². The highest BCUT2D eigenvalue weighted by Gasteiger charge is 2.30. The molecule has 0 unspecified atom stereocenters. The number of nitrogens with zero attached hydrogens (tertiary/aromatic N) is 2. The van der Waals surface area contributed by atoms with Crippen molar-refractivity contribution in [1.82, 2.24) is 26.1 Å². The number of hydrogen-bond acceptors (Lipinski definition) is 4. The number of hydrogen-bond donors (Lipinski definition) is 4. The summed E-state index contributed by atoms with van der Waals surface area (Å²) in [5, 5.41) is 16.7. The number of guanidine groups is 1. The fourth-order valence-corrected chi connectivity index (χ4v) is 2.90. The van der Waals surface area contributed by atoms with Gasteiger partial charge in [0, 0.05) is 18.8 Å². The fourth-order valence-electron chi connectivity index (χ4n) is 2.90. The predicted molar refractivity (Wildman–Crippen MR) is 118 cm³/mol. The van der Waals surface area contributed by atoms with E-state index in [1.165, 1.54) is 5.56 Å². The van der Waals surface area contributed by atoms with Crippen molar-refractivity contribution >= 4 is 12.1 Å². The second-order valence-electron chi connectivity index (χ2n) is 8.36. The van der Waals surface area contributed by atoms with E-state index in [4.69, 9.17) is 9.73 Å². The number of H-pyrrole nitrogens is 1. The van der Waals surface area contributed by atoms with Gasteiger partial charge in [0.1, 0.15) is 5.60 Å². The highest BCUT2D eigenvalue weighted by Crippen LogP contribution is 2.17. The summed E-state index contributed by atoms with van der Waals surface area (Å²) in [6.07, 6.45) is 4.96. The van der Waals surface area contributed by atoms with Crippen LogP contribution < -0.4 is 16.0 Å². The number of rotatable bonds is 10. The first-order valence-electron chi connectivity index (χ1n) is 10.7. The van der Waals surface area contributed by atoms with E-state index in [1.54, 1.807) is 0 Å². The normalized spacial score (nSPS) is 12.6. The molecule has 0 aromatic carbocycles. The lowest BCUT2D eigenvalue weighted by Crippen LogP contribution is -2.52. The predicted octanol–water partition coefficient (Wildman–Crippen LogP) is 3.29. The van der Waals surface area contributed by atoms with Crippen LogP contribution in [0.3, 0.4) is 0 Å². The lowest BCUT2D eigenvalue weighted by molar-refractivity contribution is 0.0452. The number of carbonyl (C=O) groups excluding carboxylic acids is 1. The van der Waals surface area contributed by atoms with Crippen LogP contribution in [0.15, 0.2) is 11.2 Å². The Bertz CT molecular complexity index is 644. The largest absolute Gasteiger partial charge is 0.444 e. The Hall–Kier alpha value is -2.25. The summed E-state index contributed by atoms with van der Waals surface area (Å²) in [4.78, 5) is 17.0. The van der Waals surface area contributed by atoms with Gasteiger partial charge in [0.2, 0.25) is 0 Å². The van der Waals surface area contributed by atoms with Gasteiger partial charge < -0.3 is 20.7 Å². The molecule has 0 fully saturated rings. The Morgan fingerprint density at radius 1 is 1.21 bits per heavy atom. The van der Waals surface area contributed by atoms with Gasteiger partial charge in [-0.1, -0.05) is 13.8 Å². The highest BCUT2D eigenvalue weighted by atomic mass is 16.6. The molecule has 1 amide bonds. The molecule has 8 nitrogen and oxygen atoms in total. The minimum atomic E-state index is -0.523. The first-order valence-corrected chi connectivity index (χ1v) is 10.7. The first-order chi connectivity index (χ1) is 13.6. The summed E-state index contributed by atoms with van der Waals surface area (Å²) in [7, 11) is 0. The van der Waals surface area contributed by atoms with Gasteiger partial charge in [-0.3, -0.25) is 10.1 Å². The van der Waals surface area contributed by atoms with Gasteiger partial charge in [-0.2, -0.15) is 5.10 Å². The average molecular weight is 409 g/mol. The van der Waals surface area contributed by atoms with E-state index >= 15 is 0 Å². The summed E-state index contributed by atoms with van der Waals surface area (Å²) < 4.78 is 5.44. The van der Waals surface area contributed by atoms with Gasteiger partial charge in [0.15, 0.2) is 5.96 Å². The number of aryl methyl sites for hydroxylation is 2. The molecule has 0 bridgehead atoms. The first kappa shape index (κ1) is 24.8. The molecule has 8 heteroatoms. The van der Waals surface area contributed by atoms with Crippen LogP contribution in [0.5, 0.6) is 0 Å². The van der Waals surface area contributed by atoms with E-state index in [1.807, 2.05) is 40.8 Å². The minimum Gasteiger partial charge on any atom is -0.444 e. The Kier molecular flexibility index (Phi) is 9.98. The molecule has 0 saturated heterocycles. The van der Waals surface area contributed by atoms with E-state index < -0.39 is 17.2 Å². The number of carbonyl (C=O) groups is 1. The standard InChI is InChI=1S/C21H40N6O2/c1-8-21(9-2,26-19(28)29-20(5,6)7)15-24-18(22-10-3)23-13-11-12-17-14-25-27-16(17)4/h14H,8-13,15H2,1-7H3,(H,25,27)(H,26,28)(H2,22,23,24). The Morgan fingerprint density at radius 2 is 1.90 bits per heavy atom. The van der Waals surface area contributed by atoms with Crippen LogP contribution in [0, 0.1) is 6.92 Å². The van der Waals surface area contributed by atoms with Crippen LogP contribution in [0.25, 0.3) is 0 Å². The van der Waals surface area contributed by atoms with Crippen molar-refractivity contribution in [1.29, 1.82) is 0 Å². The van der Waals surface area contributed by atoms with Crippen LogP contribution in [-0.4, -0.2) is 53.0 Å². The summed E-state index contributed by atoms with van der Waals surface area (Å²) in [6.45, 7) is 15.8. The lowest BCUT2D eigenvalue weighted by atomic mass is 9.93. The second-order valence-corrected chi connectivity index (χ2v) is 8.36. The molecular formula is C21H40N6O2. The molecule has 0 saturated carbocycles. The Labute approximate surface area is 175 Å². The molecule has 166 valence electrons. The topological polar surface area (TPSA) is 103 Å². The SMILES string of the molecule is CCNC(=NCC(CC)(CC)NC(=O)OC(C)(C)C)NCCCc1cn[nH]c1C. The van der Waals surface area contributed by atoms with E-state index in [-0.39, 0.29) is 0 Å². The van der Waals surface area contributed by atoms with Crippen molar-refractivity contribution in [2.45, 2.75) is 85.3 Å². The molecule has 1 rings (SSSR count). The van der Waals surface area contributed by atoms with E-state index in [9.17, 15) is 4.79 Å². The van der Waals surface area contributed by atoms with Crippen LogP contribution in [-0.2, 0) is 11.2 Å². The average Bonchev–Trinajstić information content (AvgIpc) is 3.05. The van der Waals surface area contributed by atoms with Gasteiger partial charge in [0.25, 0.3) is 0 Å². The number of amides is 1. The van der Waals surface area contributed by atoms with Crippen molar-refractivity contribution in [3.63, 3.8) is 0 Å². The third-order valence-electron chi connectivity index (χ3n) is 4.85. The second kappa shape index (κ2) is 11.7. The van der Waals surface area contributed by atoms with E-state index in [2.05, 4.69) is 40.0 Å². The van der Waals surface area contributed by atoms with Gasteiger partial charge in [-0.05, 0) is 65.9 Å². The molecule has 0 radical (unpaired) electrons. The molecular weight excluding hydrogens is 368 g/mol. The molecule has 1 aromatic heterocycles. The van der Waals surface area contributed by atoms with Crippen molar-refractivity contribution in [2.75, 3.05) is 19.6 Å². The Morgan fingerprint density at radius 3 is 2.41 bits per heavy atom. The molecule has 29 heavy (non-hydrogen) atoms. The third-order valence-corrected chi connectivity index (χ3v) is 4.85. The number of aliphatic imine (C=N–C) groups is 1. The molecule has 0 atom stereocenters. The summed E-state index contributed by atoms with van der Waals surface area (Å²) in [5.74, 6) is 0.758. The summed E-state index contributed by atoms with van der Waals surface area (Å²) >= 11 is 0. The van der Waals surface area contributed by atoms with Crippen LogP contribution >= 0.6 is 0 Å².